The Morgan fingerprint density at radius 1 is 1.17 bits per heavy atom. The first-order valence-corrected chi connectivity index (χ1v) is 8.41. The number of hydrogen-bond acceptors (Lipinski definition) is 3. The lowest BCUT2D eigenvalue weighted by atomic mass is 10.1. The molecular formula is C18H20N4O2. The first-order chi connectivity index (χ1) is 11.7. The van der Waals surface area contributed by atoms with Gasteiger partial charge in [0, 0.05) is 30.6 Å². The van der Waals surface area contributed by atoms with E-state index in [0.717, 1.165) is 30.5 Å². The van der Waals surface area contributed by atoms with Crippen molar-refractivity contribution in [2.75, 3.05) is 13.1 Å². The van der Waals surface area contributed by atoms with E-state index in [9.17, 15) is 9.59 Å². The topological polar surface area (TPSA) is 78.1 Å². The van der Waals surface area contributed by atoms with Gasteiger partial charge in [-0.05, 0) is 25.3 Å². The van der Waals surface area contributed by atoms with Crippen LogP contribution in [0.25, 0.3) is 11.3 Å². The lowest BCUT2D eigenvalue weighted by Gasteiger charge is -2.16. The summed E-state index contributed by atoms with van der Waals surface area (Å²) in [6, 6.07) is 11.6. The number of aromatic nitrogens is 2. The molecule has 0 unspecified atom stereocenters. The van der Waals surface area contributed by atoms with Crippen molar-refractivity contribution in [3.8, 4) is 11.3 Å². The van der Waals surface area contributed by atoms with Gasteiger partial charge in [-0.25, -0.2) is 0 Å². The van der Waals surface area contributed by atoms with Crippen molar-refractivity contribution in [3.63, 3.8) is 0 Å². The maximum atomic E-state index is 12.6. The van der Waals surface area contributed by atoms with Crippen LogP contribution < -0.4 is 5.32 Å². The van der Waals surface area contributed by atoms with E-state index in [1.165, 1.54) is 0 Å². The molecule has 2 amide bonds. The van der Waals surface area contributed by atoms with Crippen LogP contribution in [0.4, 0.5) is 0 Å². The third kappa shape index (κ3) is 3.04. The van der Waals surface area contributed by atoms with Crippen molar-refractivity contribution >= 4 is 11.8 Å². The van der Waals surface area contributed by atoms with Crippen LogP contribution in [0.3, 0.4) is 0 Å². The van der Waals surface area contributed by atoms with Crippen LogP contribution in [0.2, 0.25) is 0 Å². The van der Waals surface area contributed by atoms with Crippen LogP contribution in [0.5, 0.6) is 0 Å². The van der Waals surface area contributed by atoms with Crippen molar-refractivity contribution in [1.82, 2.24) is 20.4 Å². The summed E-state index contributed by atoms with van der Waals surface area (Å²) in [4.78, 5) is 26.2. The largest absolute Gasteiger partial charge is 0.351 e. The molecule has 1 aliphatic carbocycles. The number of amides is 2. The number of aromatic amines is 1. The molecule has 2 heterocycles. The molecule has 6 heteroatoms. The summed E-state index contributed by atoms with van der Waals surface area (Å²) in [7, 11) is 0. The summed E-state index contributed by atoms with van der Waals surface area (Å²) < 4.78 is 0. The maximum absolute atomic E-state index is 12.6. The lowest BCUT2D eigenvalue weighted by molar-refractivity contribution is -0.122. The van der Waals surface area contributed by atoms with E-state index in [2.05, 4.69) is 15.5 Å². The van der Waals surface area contributed by atoms with E-state index in [1.807, 2.05) is 30.3 Å². The molecule has 1 aromatic carbocycles. The first kappa shape index (κ1) is 14.9. The zero-order valence-electron chi connectivity index (χ0n) is 13.4. The SMILES string of the molecule is O=C(N[C@@H]1CCN(C(=O)c2cc(-c3ccccc3)n[nH]2)C1)C1CC1. The van der Waals surface area contributed by atoms with Crippen LogP contribution in [0.15, 0.2) is 36.4 Å². The van der Waals surface area contributed by atoms with E-state index in [-0.39, 0.29) is 23.8 Å². The molecule has 24 heavy (non-hydrogen) atoms. The van der Waals surface area contributed by atoms with Crippen molar-refractivity contribution in [3.05, 3.63) is 42.1 Å². The second-order valence-electron chi connectivity index (χ2n) is 6.55. The third-order valence-corrected chi connectivity index (χ3v) is 4.65. The van der Waals surface area contributed by atoms with E-state index in [1.54, 1.807) is 11.0 Å². The van der Waals surface area contributed by atoms with Gasteiger partial charge in [0.05, 0.1) is 5.69 Å². The number of H-pyrrole nitrogens is 1. The third-order valence-electron chi connectivity index (χ3n) is 4.65. The zero-order valence-corrected chi connectivity index (χ0v) is 13.4. The number of carbonyl (C=O) groups excluding carboxylic acids is 2. The number of nitrogens with one attached hydrogen (secondary N) is 2. The van der Waals surface area contributed by atoms with Crippen molar-refractivity contribution in [1.29, 1.82) is 0 Å². The molecule has 0 spiro atoms. The molecule has 124 valence electrons. The normalized spacial score (nSPS) is 20.2. The van der Waals surface area contributed by atoms with Gasteiger partial charge in [-0.3, -0.25) is 14.7 Å². The highest BCUT2D eigenvalue weighted by Crippen LogP contribution is 2.29. The van der Waals surface area contributed by atoms with Crippen LogP contribution >= 0.6 is 0 Å². The molecule has 2 N–H and O–H groups in total. The second kappa shape index (κ2) is 6.11. The molecule has 2 aliphatic rings. The zero-order chi connectivity index (χ0) is 16.5. The van der Waals surface area contributed by atoms with Crippen LogP contribution in [-0.2, 0) is 4.79 Å². The van der Waals surface area contributed by atoms with Gasteiger partial charge in [0.25, 0.3) is 5.91 Å². The van der Waals surface area contributed by atoms with Gasteiger partial charge >= 0.3 is 0 Å². The highest BCUT2D eigenvalue weighted by atomic mass is 16.2. The minimum atomic E-state index is -0.0622. The molecule has 0 bridgehead atoms. The molecule has 1 aliphatic heterocycles. The van der Waals surface area contributed by atoms with E-state index in [0.29, 0.717) is 18.8 Å². The van der Waals surface area contributed by atoms with Crippen molar-refractivity contribution < 1.29 is 9.59 Å². The fourth-order valence-electron chi connectivity index (χ4n) is 3.09. The second-order valence-corrected chi connectivity index (χ2v) is 6.55. The number of likely N-dealkylation sites (tertiary alicyclic amines) is 1. The van der Waals surface area contributed by atoms with Crippen LogP contribution in [0.1, 0.15) is 29.8 Å². The summed E-state index contributed by atoms with van der Waals surface area (Å²) in [6.07, 6.45) is 2.80. The molecule has 1 aromatic heterocycles. The molecule has 1 saturated carbocycles. The summed E-state index contributed by atoms with van der Waals surface area (Å²) in [5, 5.41) is 10.1. The molecule has 2 aromatic rings. The minimum Gasteiger partial charge on any atom is -0.351 e. The Morgan fingerprint density at radius 3 is 2.71 bits per heavy atom. The monoisotopic (exact) mass is 324 g/mol. The summed E-state index contributed by atoms with van der Waals surface area (Å²) in [5.74, 6) is 0.283. The fourth-order valence-corrected chi connectivity index (χ4v) is 3.09. The standard InChI is InChI=1S/C18H20N4O2/c23-17(13-6-7-13)19-14-8-9-22(11-14)18(24)16-10-15(20-21-16)12-4-2-1-3-5-12/h1-5,10,13-14H,6-9,11H2,(H,19,23)(H,20,21)/t14-/m1/s1. The molecule has 1 saturated heterocycles. The minimum absolute atomic E-state index is 0.0622. The molecule has 0 radical (unpaired) electrons. The summed E-state index contributed by atoms with van der Waals surface area (Å²) in [6.45, 7) is 1.23. The Bertz CT molecular complexity index is 751. The highest BCUT2D eigenvalue weighted by molar-refractivity contribution is 5.93. The number of benzene rings is 1. The van der Waals surface area contributed by atoms with Crippen molar-refractivity contribution in [2.24, 2.45) is 5.92 Å². The number of carbonyl (C=O) groups is 2. The van der Waals surface area contributed by atoms with Gasteiger partial charge in [-0.15, -0.1) is 0 Å². The van der Waals surface area contributed by atoms with Gasteiger partial charge in [-0.2, -0.15) is 5.10 Å². The van der Waals surface area contributed by atoms with Crippen LogP contribution in [0, 0.1) is 5.92 Å². The summed E-state index contributed by atoms with van der Waals surface area (Å²) in [5.41, 5.74) is 2.23. The van der Waals surface area contributed by atoms with E-state index < -0.39 is 0 Å². The van der Waals surface area contributed by atoms with Gasteiger partial charge in [0.1, 0.15) is 5.69 Å². The fraction of sp³-hybridized carbons (Fsp3) is 0.389. The molecule has 1 atom stereocenters. The molecule has 4 rings (SSSR count). The van der Waals surface area contributed by atoms with Gasteiger partial charge < -0.3 is 10.2 Å². The first-order valence-electron chi connectivity index (χ1n) is 8.41. The van der Waals surface area contributed by atoms with Gasteiger partial charge in [0.15, 0.2) is 0 Å². The number of nitrogens with zero attached hydrogens (tertiary/aromatic N) is 2. The van der Waals surface area contributed by atoms with Crippen molar-refractivity contribution in [2.45, 2.75) is 25.3 Å². The van der Waals surface area contributed by atoms with E-state index in [4.69, 9.17) is 0 Å². The predicted octanol–water partition coefficient (Wildman–Crippen LogP) is 1.82. The Kier molecular flexibility index (Phi) is 3.80. The maximum Gasteiger partial charge on any atom is 0.271 e. The van der Waals surface area contributed by atoms with Crippen LogP contribution in [-0.4, -0.2) is 46.0 Å². The quantitative estimate of drug-likeness (QED) is 0.900. The van der Waals surface area contributed by atoms with E-state index >= 15 is 0 Å². The smallest absolute Gasteiger partial charge is 0.271 e. The predicted molar refractivity (Wildman–Crippen MR) is 89.2 cm³/mol. The Morgan fingerprint density at radius 2 is 1.96 bits per heavy atom. The number of rotatable bonds is 4. The lowest BCUT2D eigenvalue weighted by Crippen LogP contribution is -2.39. The average Bonchev–Trinajstić information content (AvgIpc) is 3.17. The average molecular weight is 324 g/mol. The Balaban J connectivity index is 1.39. The highest BCUT2D eigenvalue weighted by Gasteiger charge is 2.34. The molecule has 6 nitrogen and oxygen atoms in total. The van der Waals surface area contributed by atoms with Gasteiger partial charge in [-0.1, -0.05) is 30.3 Å². The summed E-state index contributed by atoms with van der Waals surface area (Å²) >= 11 is 0. The Hall–Kier alpha value is -2.63. The van der Waals surface area contributed by atoms with Gasteiger partial charge in [0.2, 0.25) is 5.91 Å². The molecular weight excluding hydrogens is 304 g/mol. The Labute approximate surface area is 140 Å². The number of hydrogen-bond donors (Lipinski definition) is 2. The molecule has 2 fully saturated rings.